The standard InChI is InChI=1S/C11H22N2O3/c1-11(2,3)13-4-5-16-9(7-13)6-12-10(15)8-14/h9,14H,4-8H2,1-3H3,(H,12,15)/t9-/m1/s1. The zero-order valence-electron chi connectivity index (χ0n) is 10.3. The fraction of sp³-hybridized carbons (Fsp3) is 0.909. The van der Waals surface area contributed by atoms with Crippen LogP contribution in [0, 0.1) is 0 Å². The first-order valence-electron chi connectivity index (χ1n) is 5.67. The van der Waals surface area contributed by atoms with Crippen molar-refractivity contribution in [3.05, 3.63) is 0 Å². The molecular weight excluding hydrogens is 208 g/mol. The largest absolute Gasteiger partial charge is 0.387 e. The van der Waals surface area contributed by atoms with E-state index in [4.69, 9.17) is 9.84 Å². The third-order valence-corrected chi connectivity index (χ3v) is 2.76. The molecule has 0 bridgehead atoms. The molecule has 0 aromatic carbocycles. The molecule has 1 atom stereocenters. The molecule has 16 heavy (non-hydrogen) atoms. The molecule has 5 heteroatoms. The van der Waals surface area contributed by atoms with Gasteiger partial charge in [-0.3, -0.25) is 9.69 Å². The summed E-state index contributed by atoms with van der Waals surface area (Å²) in [5.41, 5.74) is 0.128. The lowest BCUT2D eigenvalue weighted by atomic mass is 10.0. The molecule has 1 heterocycles. The van der Waals surface area contributed by atoms with Crippen LogP contribution in [0.25, 0.3) is 0 Å². The number of nitrogens with one attached hydrogen (secondary N) is 1. The first-order chi connectivity index (χ1) is 7.43. The molecular formula is C11H22N2O3. The first-order valence-corrected chi connectivity index (χ1v) is 5.67. The SMILES string of the molecule is CC(C)(C)N1CCO[C@H](CNC(=O)CO)C1. The molecule has 1 saturated heterocycles. The highest BCUT2D eigenvalue weighted by atomic mass is 16.5. The number of nitrogens with zero attached hydrogens (tertiary/aromatic N) is 1. The normalized spacial score (nSPS) is 23.1. The smallest absolute Gasteiger partial charge is 0.245 e. The van der Waals surface area contributed by atoms with Crippen molar-refractivity contribution in [3.8, 4) is 0 Å². The van der Waals surface area contributed by atoms with Gasteiger partial charge >= 0.3 is 0 Å². The Kier molecular flexibility index (Phi) is 4.70. The van der Waals surface area contributed by atoms with Gasteiger partial charge in [0.15, 0.2) is 0 Å². The molecule has 1 fully saturated rings. The van der Waals surface area contributed by atoms with Gasteiger partial charge in [-0.05, 0) is 20.8 Å². The number of carbonyl (C=O) groups excluding carboxylic acids is 1. The van der Waals surface area contributed by atoms with E-state index in [-0.39, 0.29) is 17.6 Å². The Bertz CT molecular complexity index is 238. The van der Waals surface area contributed by atoms with Crippen LogP contribution in [0.1, 0.15) is 20.8 Å². The van der Waals surface area contributed by atoms with Crippen LogP contribution in [0.15, 0.2) is 0 Å². The molecule has 0 aromatic rings. The van der Waals surface area contributed by atoms with Gasteiger partial charge in [0.05, 0.1) is 12.7 Å². The van der Waals surface area contributed by atoms with E-state index in [0.29, 0.717) is 13.2 Å². The minimum atomic E-state index is -0.463. The minimum Gasteiger partial charge on any atom is -0.387 e. The van der Waals surface area contributed by atoms with Gasteiger partial charge in [-0.1, -0.05) is 0 Å². The number of hydrogen-bond donors (Lipinski definition) is 2. The summed E-state index contributed by atoms with van der Waals surface area (Å²) in [4.78, 5) is 13.2. The third-order valence-electron chi connectivity index (χ3n) is 2.76. The molecule has 0 saturated carbocycles. The lowest BCUT2D eigenvalue weighted by Crippen LogP contribution is -2.54. The van der Waals surface area contributed by atoms with E-state index in [1.165, 1.54) is 0 Å². The van der Waals surface area contributed by atoms with Crippen LogP contribution in [0.5, 0.6) is 0 Å². The third kappa shape index (κ3) is 4.08. The zero-order chi connectivity index (χ0) is 12.2. The summed E-state index contributed by atoms with van der Waals surface area (Å²) >= 11 is 0. The quantitative estimate of drug-likeness (QED) is 0.692. The van der Waals surface area contributed by atoms with Crippen LogP contribution in [-0.2, 0) is 9.53 Å². The predicted octanol–water partition coefficient (Wildman–Crippen LogP) is -0.406. The van der Waals surface area contributed by atoms with E-state index in [1.807, 2.05) is 0 Å². The van der Waals surface area contributed by atoms with E-state index >= 15 is 0 Å². The number of carbonyl (C=O) groups is 1. The summed E-state index contributed by atoms with van der Waals surface area (Å²) in [5, 5.41) is 11.2. The second-order valence-electron chi connectivity index (χ2n) is 5.07. The van der Waals surface area contributed by atoms with E-state index in [0.717, 1.165) is 13.1 Å². The molecule has 0 aromatic heterocycles. The summed E-state index contributed by atoms with van der Waals surface area (Å²) in [5.74, 6) is -0.350. The fourth-order valence-corrected chi connectivity index (χ4v) is 1.74. The molecule has 5 nitrogen and oxygen atoms in total. The highest BCUT2D eigenvalue weighted by molar-refractivity contribution is 5.76. The summed E-state index contributed by atoms with van der Waals surface area (Å²) in [6.45, 7) is 8.94. The number of hydrogen-bond acceptors (Lipinski definition) is 4. The maximum absolute atomic E-state index is 10.9. The summed E-state index contributed by atoms with van der Waals surface area (Å²) in [6, 6.07) is 0. The molecule has 1 aliphatic heterocycles. The number of amides is 1. The van der Waals surface area contributed by atoms with Crippen molar-refractivity contribution < 1.29 is 14.6 Å². The highest BCUT2D eigenvalue weighted by Gasteiger charge is 2.28. The highest BCUT2D eigenvalue weighted by Crippen LogP contribution is 2.17. The van der Waals surface area contributed by atoms with Crippen molar-refractivity contribution in [1.82, 2.24) is 10.2 Å². The Morgan fingerprint density at radius 3 is 2.81 bits per heavy atom. The van der Waals surface area contributed by atoms with Gasteiger partial charge in [-0.2, -0.15) is 0 Å². The van der Waals surface area contributed by atoms with Crippen LogP contribution < -0.4 is 5.32 Å². The van der Waals surface area contributed by atoms with Crippen LogP contribution in [0.2, 0.25) is 0 Å². The average Bonchev–Trinajstić information content (AvgIpc) is 2.25. The Balaban J connectivity index is 2.36. The van der Waals surface area contributed by atoms with Crippen molar-refractivity contribution in [3.63, 3.8) is 0 Å². The monoisotopic (exact) mass is 230 g/mol. The van der Waals surface area contributed by atoms with Gasteiger partial charge in [0.2, 0.25) is 5.91 Å². The Morgan fingerprint density at radius 1 is 1.56 bits per heavy atom. The molecule has 0 spiro atoms. The molecule has 94 valence electrons. The molecule has 2 N–H and O–H groups in total. The van der Waals surface area contributed by atoms with E-state index in [9.17, 15) is 4.79 Å². The number of morpholine rings is 1. The van der Waals surface area contributed by atoms with Crippen LogP contribution in [0.4, 0.5) is 0 Å². The maximum Gasteiger partial charge on any atom is 0.245 e. The molecule has 0 radical (unpaired) electrons. The lowest BCUT2D eigenvalue weighted by Gasteiger charge is -2.41. The fourth-order valence-electron chi connectivity index (χ4n) is 1.74. The van der Waals surface area contributed by atoms with Gasteiger partial charge in [0.1, 0.15) is 6.61 Å². The van der Waals surface area contributed by atoms with Crippen LogP contribution in [0.3, 0.4) is 0 Å². The second-order valence-corrected chi connectivity index (χ2v) is 5.07. The summed E-state index contributed by atoms with van der Waals surface area (Å²) in [7, 11) is 0. The topological polar surface area (TPSA) is 61.8 Å². The van der Waals surface area contributed by atoms with Crippen LogP contribution >= 0.6 is 0 Å². The van der Waals surface area contributed by atoms with E-state index in [1.54, 1.807) is 0 Å². The maximum atomic E-state index is 10.9. The Labute approximate surface area is 96.8 Å². The number of aliphatic hydroxyl groups is 1. The minimum absolute atomic E-state index is 0.0171. The molecule has 1 rings (SSSR count). The molecule has 1 amide bonds. The van der Waals surface area contributed by atoms with Crippen molar-refractivity contribution in [1.29, 1.82) is 0 Å². The number of aliphatic hydroxyl groups excluding tert-OH is 1. The molecule has 0 aliphatic carbocycles. The van der Waals surface area contributed by atoms with Crippen molar-refractivity contribution in [2.45, 2.75) is 32.4 Å². The van der Waals surface area contributed by atoms with E-state index < -0.39 is 6.61 Å². The zero-order valence-corrected chi connectivity index (χ0v) is 10.3. The van der Waals surface area contributed by atoms with Gasteiger partial charge in [0, 0.05) is 25.2 Å². The summed E-state index contributed by atoms with van der Waals surface area (Å²) in [6.07, 6.45) is 0.0171. The molecule has 0 unspecified atom stereocenters. The van der Waals surface area contributed by atoms with Gasteiger partial charge in [0.25, 0.3) is 0 Å². The number of rotatable bonds is 3. The predicted molar refractivity (Wildman–Crippen MR) is 61.2 cm³/mol. The van der Waals surface area contributed by atoms with Crippen molar-refractivity contribution >= 4 is 5.91 Å². The lowest BCUT2D eigenvalue weighted by molar-refractivity contribution is -0.125. The summed E-state index contributed by atoms with van der Waals surface area (Å²) < 4.78 is 5.56. The number of ether oxygens (including phenoxy) is 1. The van der Waals surface area contributed by atoms with Crippen LogP contribution in [-0.4, -0.2) is 60.4 Å². The Morgan fingerprint density at radius 2 is 2.25 bits per heavy atom. The Hall–Kier alpha value is -0.650. The van der Waals surface area contributed by atoms with Gasteiger partial charge in [-0.25, -0.2) is 0 Å². The average molecular weight is 230 g/mol. The van der Waals surface area contributed by atoms with Gasteiger partial charge in [-0.15, -0.1) is 0 Å². The molecule has 1 aliphatic rings. The van der Waals surface area contributed by atoms with E-state index in [2.05, 4.69) is 31.0 Å². The van der Waals surface area contributed by atoms with Crippen molar-refractivity contribution in [2.75, 3.05) is 32.8 Å². The van der Waals surface area contributed by atoms with Gasteiger partial charge < -0.3 is 15.2 Å². The second kappa shape index (κ2) is 5.61. The van der Waals surface area contributed by atoms with Crippen molar-refractivity contribution in [2.24, 2.45) is 0 Å². The first kappa shape index (κ1) is 13.4.